The molecule has 5 aromatic carbocycles. The van der Waals surface area contributed by atoms with Crippen LogP contribution in [0.25, 0.3) is 64.7 Å². The minimum absolute atomic E-state index is 0.752. The van der Waals surface area contributed by atoms with Crippen molar-refractivity contribution in [3.8, 4) is 16.3 Å². The number of aryl methyl sites for hydroxylation is 1. The minimum atomic E-state index is 0.752. The van der Waals surface area contributed by atoms with Crippen molar-refractivity contribution in [3.05, 3.63) is 144 Å². The lowest BCUT2D eigenvalue weighted by atomic mass is 10.0. The molecule has 0 atom stereocenters. The van der Waals surface area contributed by atoms with Crippen molar-refractivity contribution in [2.45, 2.75) is 13.3 Å². The van der Waals surface area contributed by atoms with Crippen molar-refractivity contribution >= 4 is 59.8 Å². The smallest absolute Gasteiger partial charge is 0.124 e. The molecule has 0 saturated carbocycles. The number of nitrogens with zero attached hydrogens (tertiary/aromatic N) is 4. The molecule has 0 radical (unpaired) electrons. The fraction of sp³-hybridized carbons (Fsp3) is 0.0526. The van der Waals surface area contributed by atoms with Crippen LogP contribution in [0.5, 0.6) is 0 Å². The van der Waals surface area contributed by atoms with Crippen LogP contribution in [0, 0.1) is 6.92 Å². The molecule has 5 heteroatoms. The molecule has 0 amide bonds. The molecule has 0 aliphatic heterocycles. The molecule has 0 aliphatic rings. The van der Waals surface area contributed by atoms with Gasteiger partial charge in [-0.2, -0.15) is 5.10 Å². The summed E-state index contributed by atoms with van der Waals surface area (Å²) in [7, 11) is 0. The normalized spacial score (nSPS) is 11.9. The van der Waals surface area contributed by atoms with Crippen molar-refractivity contribution in [2.75, 3.05) is 0 Å². The highest BCUT2D eigenvalue weighted by Crippen LogP contribution is 2.38. The molecular weight excluding hydrogens is 545 g/mol. The Morgan fingerprint density at radius 1 is 0.628 bits per heavy atom. The third kappa shape index (κ3) is 3.82. The minimum Gasteiger partial charge on any atom is -0.309 e. The molecule has 0 saturated heterocycles. The van der Waals surface area contributed by atoms with Crippen LogP contribution in [0.4, 0.5) is 0 Å². The summed E-state index contributed by atoms with van der Waals surface area (Å²) in [5, 5.41) is 9.88. The predicted octanol–water partition coefficient (Wildman–Crippen LogP) is 9.76. The molecule has 0 bridgehead atoms. The van der Waals surface area contributed by atoms with Crippen molar-refractivity contribution in [1.82, 2.24) is 19.2 Å². The SMILES string of the molecule is Cc1ccc2c(c1)c1cc(Cc3cc4c5sc(-c6ccccc6)nc5c5ccccc5n4n3)ccc1n2-c1ccccc1. The average Bonchev–Trinajstić information content (AvgIpc) is 3.76. The molecule has 0 spiro atoms. The van der Waals surface area contributed by atoms with E-state index >= 15 is 0 Å². The summed E-state index contributed by atoms with van der Waals surface area (Å²) in [5.74, 6) is 0. The van der Waals surface area contributed by atoms with Gasteiger partial charge >= 0.3 is 0 Å². The van der Waals surface area contributed by atoms with Crippen LogP contribution in [0.2, 0.25) is 0 Å². The number of fused-ring (bicyclic) bond motifs is 9. The van der Waals surface area contributed by atoms with Crippen LogP contribution >= 0.6 is 11.3 Å². The first-order valence-corrected chi connectivity index (χ1v) is 15.4. The molecule has 0 fully saturated rings. The van der Waals surface area contributed by atoms with E-state index in [1.165, 1.54) is 43.3 Å². The highest BCUT2D eigenvalue weighted by Gasteiger charge is 2.18. The van der Waals surface area contributed by atoms with Gasteiger partial charge in [0.2, 0.25) is 0 Å². The zero-order valence-corrected chi connectivity index (χ0v) is 24.3. The van der Waals surface area contributed by atoms with E-state index < -0.39 is 0 Å². The quantitative estimate of drug-likeness (QED) is 0.211. The summed E-state index contributed by atoms with van der Waals surface area (Å²) in [4.78, 5) is 5.13. The largest absolute Gasteiger partial charge is 0.309 e. The van der Waals surface area contributed by atoms with Gasteiger partial charge in [-0.25, -0.2) is 9.50 Å². The molecule has 0 unspecified atom stereocenters. The summed E-state index contributed by atoms with van der Waals surface area (Å²) in [5.41, 5.74) is 11.6. The Morgan fingerprint density at radius 3 is 2.19 bits per heavy atom. The topological polar surface area (TPSA) is 35.1 Å². The van der Waals surface area contributed by atoms with Crippen molar-refractivity contribution in [2.24, 2.45) is 0 Å². The zero-order chi connectivity index (χ0) is 28.5. The van der Waals surface area contributed by atoms with E-state index in [1.807, 2.05) is 6.07 Å². The van der Waals surface area contributed by atoms with E-state index in [1.54, 1.807) is 11.3 Å². The predicted molar refractivity (Wildman–Crippen MR) is 180 cm³/mol. The molecule has 0 N–H and O–H groups in total. The Balaban J connectivity index is 1.21. The number of thiazole rings is 1. The number of hydrogen-bond acceptors (Lipinski definition) is 3. The molecule has 204 valence electrons. The van der Waals surface area contributed by atoms with E-state index in [2.05, 4.69) is 137 Å². The van der Waals surface area contributed by atoms with Crippen LogP contribution < -0.4 is 0 Å². The summed E-state index contributed by atoms with van der Waals surface area (Å²) in [6.45, 7) is 2.17. The Labute approximate surface area is 252 Å². The number of benzene rings is 5. The zero-order valence-electron chi connectivity index (χ0n) is 23.5. The number of hydrogen-bond donors (Lipinski definition) is 0. The molecule has 9 rings (SSSR count). The Hall–Kier alpha value is -5.26. The second kappa shape index (κ2) is 9.38. The summed E-state index contributed by atoms with van der Waals surface area (Å²) in [6.07, 6.45) is 0.752. The van der Waals surface area contributed by atoms with Gasteiger partial charge in [-0.05, 0) is 61.0 Å². The standard InChI is InChI=1S/C38H26N4S/c1-24-16-18-32-30(20-24)31-22-25(17-19-33(31)41(32)28-12-6-3-7-13-28)21-27-23-35-37-36(29-14-8-9-15-34(29)42(35)40-27)39-38(43-37)26-10-4-2-5-11-26/h2-20,22-23H,21H2,1H3. The lowest BCUT2D eigenvalue weighted by molar-refractivity contribution is 0.942. The van der Waals surface area contributed by atoms with Crippen LogP contribution in [0.1, 0.15) is 16.8 Å². The first-order chi connectivity index (χ1) is 21.2. The maximum Gasteiger partial charge on any atom is 0.124 e. The van der Waals surface area contributed by atoms with Crippen LogP contribution in [0.15, 0.2) is 127 Å². The number of aromatic nitrogens is 4. The third-order valence-electron chi connectivity index (χ3n) is 8.41. The van der Waals surface area contributed by atoms with Gasteiger partial charge in [0.05, 0.1) is 38.0 Å². The Morgan fingerprint density at radius 2 is 1.35 bits per heavy atom. The fourth-order valence-electron chi connectivity index (χ4n) is 6.46. The van der Waals surface area contributed by atoms with Crippen LogP contribution in [0.3, 0.4) is 0 Å². The number of para-hydroxylation sites is 2. The first kappa shape index (κ1) is 24.3. The summed E-state index contributed by atoms with van der Waals surface area (Å²) in [6, 6.07) is 45.4. The maximum atomic E-state index is 5.17. The van der Waals surface area contributed by atoms with Gasteiger partial charge in [0.1, 0.15) is 5.01 Å². The molecule has 4 nitrogen and oxygen atoms in total. The highest BCUT2D eigenvalue weighted by molar-refractivity contribution is 7.22. The third-order valence-corrected chi connectivity index (χ3v) is 9.54. The second-order valence-corrected chi connectivity index (χ2v) is 12.2. The molecular formula is C38H26N4S. The van der Waals surface area contributed by atoms with E-state index in [9.17, 15) is 0 Å². The lowest BCUT2D eigenvalue weighted by Crippen LogP contribution is -1.95. The van der Waals surface area contributed by atoms with Crippen molar-refractivity contribution in [1.29, 1.82) is 0 Å². The van der Waals surface area contributed by atoms with Gasteiger partial charge in [-0.15, -0.1) is 11.3 Å². The number of pyridine rings is 1. The van der Waals surface area contributed by atoms with Gasteiger partial charge < -0.3 is 4.57 Å². The first-order valence-electron chi connectivity index (χ1n) is 14.6. The highest BCUT2D eigenvalue weighted by atomic mass is 32.1. The van der Waals surface area contributed by atoms with Crippen molar-refractivity contribution in [3.63, 3.8) is 0 Å². The van der Waals surface area contributed by atoms with Crippen LogP contribution in [-0.4, -0.2) is 19.2 Å². The number of rotatable bonds is 4. The van der Waals surface area contributed by atoms with Gasteiger partial charge in [-0.3, -0.25) is 0 Å². The van der Waals surface area contributed by atoms with Crippen LogP contribution in [-0.2, 0) is 6.42 Å². The maximum absolute atomic E-state index is 5.17. The molecule has 9 aromatic rings. The summed E-state index contributed by atoms with van der Waals surface area (Å²) >= 11 is 1.74. The molecule has 4 aromatic heterocycles. The van der Waals surface area contributed by atoms with E-state index in [4.69, 9.17) is 10.1 Å². The lowest BCUT2D eigenvalue weighted by Gasteiger charge is -2.08. The van der Waals surface area contributed by atoms with E-state index in [-0.39, 0.29) is 0 Å². The van der Waals surface area contributed by atoms with Crippen molar-refractivity contribution < 1.29 is 0 Å². The van der Waals surface area contributed by atoms with E-state index in [0.717, 1.165) is 44.6 Å². The monoisotopic (exact) mass is 570 g/mol. The van der Waals surface area contributed by atoms with Gasteiger partial charge in [0, 0.05) is 33.8 Å². The summed E-state index contributed by atoms with van der Waals surface area (Å²) < 4.78 is 5.66. The Kier molecular flexibility index (Phi) is 5.31. The molecule has 43 heavy (non-hydrogen) atoms. The average molecular weight is 571 g/mol. The van der Waals surface area contributed by atoms with Gasteiger partial charge in [0.15, 0.2) is 0 Å². The van der Waals surface area contributed by atoms with Gasteiger partial charge in [0.25, 0.3) is 0 Å². The molecule has 4 heterocycles. The van der Waals surface area contributed by atoms with Gasteiger partial charge in [-0.1, -0.05) is 84.4 Å². The van der Waals surface area contributed by atoms with E-state index in [0.29, 0.717) is 0 Å². The Bertz CT molecular complexity index is 2480. The fourth-order valence-corrected chi connectivity index (χ4v) is 7.55. The molecule has 0 aliphatic carbocycles. The second-order valence-electron chi connectivity index (χ2n) is 11.2.